The summed E-state index contributed by atoms with van der Waals surface area (Å²) >= 11 is 1.37. The van der Waals surface area contributed by atoms with E-state index in [0.29, 0.717) is 11.9 Å². The molecule has 0 bridgehead atoms. The van der Waals surface area contributed by atoms with E-state index in [-0.39, 0.29) is 5.12 Å². The Balaban J connectivity index is 3.27. The van der Waals surface area contributed by atoms with Crippen molar-refractivity contribution in [2.45, 2.75) is 50.7 Å². The quantitative estimate of drug-likeness (QED) is 0.488. The lowest BCUT2D eigenvalue weighted by Crippen LogP contribution is -2.00. The maximum absolute atomic E-state index is 11.0. The predicted molar refractivity (Wildman–Crippen MR) is 67.0 cm³/mol. The van der Waals surface area contributed by atoms with Crippen molar-refractivity contribution in [1.29, 1.82) is 0 Å². The summed E-state index contributed by atoms with van der Waals surface area (Å²) in [6, 6.07) is 0. The Labute approximate surface area is 97.1 Å². The van der Waals surface area contributed by atoms with Gasteiger partial charge in [-0.2, -0.15) is 0 Å². The fourth-order valence-corrected chi connectivity index (χ4v) is 2.16. The normalized spacial score (nSPS) is 12.4. The molecule has 1 N–H and O–H groups in total. The van der Waals surface area contributed by atoms with Gasteiger partial charge >= 0.3 is 0 Å². The summed E-state index contributed by atoms with van der Waals surface area (Å²) in [4.78, 5) is 11.0. The lowest BCUT2D eigenvalue weighted by atomic mass is 10.1. The smallest absolute Gasteiger partial charge is 0.211 e. The summed E-state index contributed by atoms with van der Waals surface area (Å²) in [6.45, 7) is 5.84. The van der Waals surface area contributed by atoms with Crippen molar-refractivity contribution >= 4 is 16.9 Å². The maximum Gasteiger partial charge on any atom is 0.211 e. The molecule has 0 aliphatic carbocycles. The number of aliphatic hydroxyl groups is 1. The molecular formula is C12H22O2S. The van der Waals surface area contributed by atoms with E-state index in [4.69, 9.17) is 5.11 Å². The van der Waals surface area contributed by atoms with Crippen molar-refractivity contribution in [2.24, 2.45) is 0 Å². The molecule has 0 heterocycles. The molecule has 0 saturated carbocycles. The molecule has 15 heavy (non-hydrogen) atoms. The first-order chi connectivity index (χ1) is 7.20. The van der Waals surface area contributed by atoms with E-state index in [1.807, 2.05) is 0 Å². The molecule has 88 valence electrons. The number of hydrogen-bond acceptors (Lipinski definition) is 3. The van der Waals surface area contributed by atoms with Crippen LogP contribution >= 0.6 is 11.8 Å². The zero-order valence-corrected chi connectivity index (χ0v) is 10.4. The number of carbonyl (C=O) groups excluding carboxylic acids is 1. The van der Waals surface area contributed by atoms with Gasteiger partial charge in [-0.25, -0.2) is 0 Å². The lowest BCUT2D eigenvalue weighted by Gasteiger charge is -2.08. The highest BCUT2D eigenvalue weighted by molar-refractivity contribution is 8.14. The van der Waals surface area contributed by atoms with Gasteiger partial charge in [0.05, 0.1) is 0 Å². The minimum atomic E-state index is 0.0720. The molecular weight excluding hydrogens is 208 g/mol. The summed E-state index contributed by atoms with van der Waals surface area (Å²) in [5.41, 5.74) is 0. The van der Waals surface area contributed by atoms with Crippen LogP contribution in [-0.4, -0.2) is 22.1 Å². The summed E-state index contributed by atoms with van der Waals surface area (Å²) in [5.74, 6) is 0. The van der Waals surface area contributed by atoms with Crippen molar-refractivity contribution in [3.05, 3.63) is 12.7 Å². The third-order valence-corrected chi connectivity index (χ3v) is 3.29. The molecule has 0 saturated heterocycles. The first kappa shape index (κ1) is 14.7. The van der Waals surface area contributed by atoms with Crippen molar-refractivity contribution in [2.75, 3.05) is 6.61 Å². The van der Waals surface area contributed by atoms with E-state index < -0.39 is 0 Å². The molecule has 0 aromatic heterocycles. The van der Waals surface area contributed by atoms with Gasteiger partial charge in [0.25, 0.3) is 0 Å². The van der Waals surface area contributed by atoms with Gasteiger partial charge < -0.3 is 5.11 Å². The van der Waals surface area contributed by atoms with E-state index in [1.54, 1.807) is 0 Å². The van der Waals surface area contributed by atoms with Crippen LogP contribution < -0.4 is 0 Å². The second kappa shape index (κ2) is 10.2. The van der Waals surface area contributed by atoms with Crippen LogP contribution in [0.15, 0.2) is 12.7 Å². The molecule has 0 aromatic rings. The van der Waals surface area contributed by atoms with Crippen molar-refractivity contribution in [1.82, 2.24) is 0 Å². The lowest BCUT2D eigenvalue weighted by molar-refractivity contribution is -0.107. The maximum atomic E-state index is 11.0. The van der Waals surface area contributed by atoms with Gasteiger partial charge in [-0.15, -0.1) is 0 Å². The average molecular weight is 230 g/mol. The first-order valence-electron chi connectivity index (χ1n) is 5.64. The minimum absolute atomic E-state index is 0.0720. The SMILES string of the molecule is C=CC(=O)SC(C)CCCCCCCO. The Hall–Kier alpha value is -0.280. The standard InChI is InChI=1S/C12H22O2S/c1-3-12(14)15-11(2)9-7-5-4-6-8-10-13/h3,11,13H,1,4-10H2,2H3. The molecule has 0 aromatic carbocycles. The second-order valence-electron chi connectivity index (χ2n) is 3.73. The molecule has 0 spiro atoms. The third-order valence-electron chi connectivity index (χ3n) is 2.25. The van der Waals surface area contributed by atoms with Crippen molar-refractivity contribution in [3.63, 3.8) is 0 Å². The molecule has 0 aliphatic rings. The molecule has 1 atom stereocenters. The Morgan fingerprint density at radius 3 is 2.53 bits per heavy atom. The fourth-order valence-electron chi connectivity index (χ4n) is 1.38. The summed E-state index contributed by atoms with van der Waals surface area (Å²) in [7, 11) is 0. The first-order valence-corrected chi connectivity index (χ1v) is 6.52. The van der Waals surface area contributed by atoms with Crippen LogP contribution in [0.1, 0.15) is 45.4 Å². The molecule has 1 unspecified atom stereocenters. The zero-order chi connectivity index (χ0) is 11.5. The van der Waals surface area contributed by atoms with Crippen LogP contribution in [0.25, 0.3) is 0 Å². The summed E-state index contributed by atoms with van der Waals surface area (Å²) in [5, 5.41) is 9.06. The fraction of sp³-hybridized carbons (Fsp3) is 0.750. The van der Waals surface area contributed by atoms with E-state index in [2.05, 4.69) is 13.5 Å². The van der Waals surface area contributed by atoms with Gasteiger partial charge in [0.2, 0.25) is 5.12 Å². The highest BCUT2D eigenvalue weighted by Gasteiger charge is 2.06. The van der Waals surface area contributed by atoms with Crippen LogP contribution in [0.4, 0.5) is 0 Å². The highest BCUT2D eigenvalue weighted by atomic mass is 32.2. The Kier molecular flexibility index (Phi) is 10.1. The Morgan fingerprint density at radius 1 is 1.33 bits per heavy atom. The molecule has 0 amide bonds. The van der Waals surface area contributed by atoms with Gasteiger partial charge in [-0.1, -0.05) is 50.9 Å². The number of aliphatic hydroxyl groups excluding tert-OH is 1. The van der Waals surface area contributed by atoms with Crippen molar-refractivity contribution in [3.8, 4) is 0 Å². The summed E-state index contributed by atoms with van der Waals surface area (Å²) in [6.07, 6.45) is 8.05. The number of hydrogen-bond donors (Lipinski definition) is 1. The van der Waals surface area contributed by atoms with Crippen LogP contribution in [0.2, 0.25) is 0 Å². The molecule has 0 rings (SSSR count). The average Bonchev–Trinajstić information content (AvgIpc) is 2.23. The molecule has 3 heteroatoms. The largest absolute Gasteiger partial charge is 0.396 e. The van der Waals surface area contributed by atoms with Crippen LogP contribution in [0, 0.1) is 0 Å². The molecule has 2 nitrogen and oxygen atoms in total. The van der Waals surface area contributed by atoms with E-state index in [0.717, 1.165) is 19.3 Å². The predicted octanol–water partition coefficient (Wildman–Crippen LogP) is 3.15. The van der Waals surface area contributed by atoms with E-state index in [9.17, 15) is 4.79 Å². The number of thioether (sulfide) groups is 1. The Bertz CT molecular complexity index is 180. The van der Waals surface area contributed by atoms with Gasteiger partial charge in [-0.3, -0.25) is 4.79 Å². The van der Waals surface area contributed by atoms with Gasteiger partial charge in [-0.05, 0) is 18.9 Å². The molecule has 0 radical (unpaired) electrons. The van der Waals surface area contributed by atoms with Crippen LogP contribution in [-0.2, 0) is 4.79 Å². The van der Waals surface area contributed by atoms with Crippen LogP contribution in [0.3, 0.4) is 0 Å². The van der Waals surface area contributed by atoms with Gasteiger partial charge in [0.15, 0.2) is 0 Å². The Morgan fingerprint density at radius 2 is 1.93 bits per heavy atom. The monoisotopic (exact) mass is 230 g/mol. The third kappa shape index (κ3) is 10.0. The zero-order valence-electron chi connectivity index (χ0n) is 9.58. The minimum Gasteiger partial charge on any atom is -0.396 e. The number of unbranched alkanes of at least 4 members (excludes halogenated alkanes) is 4. The van der Waals surface area contributed by atoms with E-state index in [1.165, 1.54) is 37.1 Å². The number of carbonyl (C=O) groups is 1. The van der Waals surface area contributed by atoms with E-state index >= 15 is 0 Å². The molecule has 0 aliphatic heterocycles. The van der Waals surface area contributed by atoms with Gasteiger partial charge in [0, 0.05) is 11.9 Å². The number of rotatable bonds is 9. The topological polar surface area (TPSA) is 37.3 Å². The highest BCUT2D eigenvalue weighted by Crippen LogP contribution is 2.18. The van der Waals surface area contributed by atoms with Crippen LogP contribution in [0.5, 0.6) is 0 Å². The molecule has 0 fully saturated rings. The van der Waals surface area contributed by atoms with Gasteiger partial charge in [0.1, 0.15) is 0 Å². The second-order valence-corrected chi connectivity index (χ2v) is 5.17. The summed E-state index contributed by atoms with van der Waals surface area (Å²) < 4.78 is 0. The van der Waals surface area contributed by atoms with Crippen molar-refractivity contribution < 1.29 is 9.90 Å².